The second kappa shape index (κ2) is 2.70. The summed E-state index contributed by atoms with van der Waals surface area (Å²) < 4.78 is 0. The van der Waals surface area contributed by atoms with Crippen molar-refractivity contribution in [2.24, 2.45) is 5.73 Å². The van der Waals surface area contributed by atoms with Gasteiger partial charge in [-0.25, -0.2) is 4.98 Å². The maximum atomic E-state index is 5.37. The van der Waals surface area contributed by atoms with Crippen molar-refractivity contribution in [3.63, 3.8) is 0 Å². The van der Waals surface area contributed by atoms with Crippen molar-refractivity contribution in [3.8, 4) is 0 Å². The molecule has 0 aliphatic rings. The lowest BCUT2D eigenvalue weighted by Crippen LogP contribution is -2.10. The molecule has 10 heavy (non-hydrogen) atoms. The summed E-state index contributed by atoms with van der Waals surface area (Å²) in [5.74, 6) is 0.848. The average Bonchev–Trinajstić information content (AvgIpc) is 2.34. The van der Waals surface area contributed by atoms with Crippen LogP contribution in [-0.2, 0) is 6.54 Å². The number of nitrogens with two attached hydrogens (primary N) is 1. The van der Waals surface area contributed by atoms with Crippen molar-refractivity contribution in [1.82, 2.24) is 9.97 Å². The number of anilines is 1. The molecular weight excluding hydrogens is 128 g/mol. The van der Waals surface area contributed by atoms with E-state index in [2.05, 4.69) is 9.97 Å². The quantitative estimate of drug-likeness (QED) is 0.604. The molecule has 0 radical (unpaired) electrons. The third-order valence-corrected chi connectivity index (χ3v) is 1.26. The van der Waals surface area contributed by atoms with Crippen molar-refractivity contribution in [3.05, 3.63) is 11.9 Å². The lowest BCUT2D eigenvalue weighted by atomic mass is 10.5. The van der Waals surface area contributed by atoms with Crippen LogP contribution in [-0.4, -0.2) is 24.1 Å². The SMILES string of the molecule is CN(C)c1ncc(CN)[nH]1. The maximum Gasteiger partial charge on any atom is 0.202 e. The molecule has 0 aliphatic carbocycles. The molecule has 0 bridgehead atoms. The fourth-order valence-electron chi connectivity index (χ4n) is 0.678. The highest BCUT2D eigenvalue weighted by Crippen LogP contribution is 2.03. The van der Waals surface area contributed by atoms with Crippen LogP contribution in [0, 0.1) is 0 Å². The van der Waals surface area contributed by atoms with E-state index >= 15 is 0 Å². The number of rotatable bonds is 2. The Morgan fingerprint density at radius 1 is 1.70 bits per heavy atom. The van der Waals surface area contributed by atoms with Gasteiger partial charge in [-0.1, -0.05) is 0 Å². The number of H-pyrrole nitrogens is 1. The number of nitrogens with one attached hydrogen (secondary N) is 1. The van der Waals surface area contributed by atoms with Gasteiger partial charge in [-0.3, -0.25) is 0 Å². The molecular formula is C6H12N4. The van der Waals surface area contributed by atoms with Crippen molar-refractivity contribution in [2.45, 2.75) is 6.54 Å². The first-order valence-electron chi connectivity index (χ1n) is 3.15. The van der Waals surface area contributed by atoms with Crippen LogP contribution in [0.25, 0.3) is 0 Å². The minimum absolute atomic E-state index is 0.515. The summed E-state index contributed by atoms with van der Waals surface area (Å²) in [5.41, 5.74) is 6.34. The molecule has 4 nitrogen and oxygen atoms in total. The Morgan fingerprint density at radius 3 is 2.70 bits per heavy atom. The van der Waals surface area contributed by atoms with Gasteiger partial charge in [0.25, 0.3) is 0 Å². The van der Waals surface area contributed by atoms with E-state index in [9.17, 15) is 0 Å². The third-order valence-electron chi connectivity index (χ3n) is 1.26. The fraction of sp³-hybridized carbons (Fsp3) is 0.500. The van der Waals surface area contributed by atoms with Gasteiger partial charge >= 0.3 is 0 Å². The molecule has 3 N–H and O–H groups in total. The van der Waals surface area contributed by atoms with Gasteiger partial charge in [0.2, 0.25) is 5.95 Å². The van der Waals surface area contributed by atoms with E-state index in [1.54, 1.807) is 6.20 Å². The highest BCUT2D eigenvalue weighted by atomic mass is 15.2. The van der Waals surface area contributed by atoms with Crippen molar-refractivity contribution < 1.29 is 0 Å². The van der Waals surface area contributed by atoms with Gasteiger partial charge in [-0.05, 0) is 0 Å². The van der Waals surface area contributed by atoms with Crippen LogP contribution in [0.3, 0.4) is 0 Å². The van der Waals surface area contributed by atoms with Gasteiger partial charge in [0, 0.05) is 26.3 Å². The molecule has 1 aromatic heterocycles. The van der Waals surface area contributed by atoms with E-state index in [1.165, 1.54) is 0 Å². The number of hydrogen-bond acceptors (Lipinski definition) is 3. The number of nitrogens with zero attached hydrogens (tertiary/aromatic N) is 2. The summed E-state index contributed by atoms with van der Waals surface area (Å²) in [6, 6.07) is 0. The molecule has 56 valence electrons. The zero-order valence-corrected chi connectivity index (χ0v) is 6.26. The summed E-state index contributed by atoms with van der Waals surface area (Å²) >= 11 is 0. The topological polar surface area (TPSA) is 57.9 Å². The Hall–Kier alpha value is -1.03. The standard InChI is InChI=1S/C6H12N4/c1-10(2)6-8-4-5(3-7)9-6/h4H,3,7H2,1-2H3,(H,8,9). The number of imidazole rings is 1. The Kier molecular flexibility index (Phi) is 1.91. The van der Waals surface area contributed by atoms with Gasteiger partial charge in [0.05, 0.1) is 6.20 Å². The summed E-state index contributed by atoms with van der Waals surface area (Å²) in [4.78, 5) is 9.03. The van der Waals surface area contributed by atoms with Crippen LogP contribution < -0.4 is 10.6 Å². The third kappa shape index (κ3) is 1.27. The summed E-state index contributed by atoms with van der Waals surface area (Å²) in [5, 5.41) is 0. The number of hydrogen-bond donors (Lipinski definition) is 2. The highest BCUT2D eigenvalue weighted by Gasteiger charge is 1.98. The first-order valence-corrected chi connectivity index (χ1v) is 3.15. The van der Waals surface area contributed by atoms with Crippen LogP contribution in [0.2, 0.25) is 0 Å². The Bertz CT molecular complexity index is 203. The number of aromatic amines is 1. The van der Waals surface area contributed by atoms with Crippen molar-refractivity contribution in [2.75, 3.05) is 19.0 Å². The van der Waals surface area contributed by atoms with E-state index in [4.69, 9.17) is 5.73 Å². The highest BCUT2D eigenvalue weighted by molar-refractivity contribution is 5.27. The molecule has 0 atom stereocenters. The normalized spacial score (nSPS) is 9.90. The Labute approximate surface area is 60.1 Å². The van der Waals surface area contributed by atoms with Crippen molar-refractivity contribution in [1.29, 1.82) is 0 Å². The van der Waals surface area contributed by atoms with Gasteiger partial charge in [0.1, 0.15) is 0 Å². The summed E-state index contributed by atoms with van der Waals surface area (Å²) in [6.45, 7) is 0.515. The van der Waals surface area contributed by atoms with E-state index in [0.717, 1.165) is 11.6 Å². The lowest BCUT2D eigenvalue weighted by Gasteiger charge is -2.05. The molecule has 0 aliphatic heterocycles. The molecule has 1 aromatic rings. The maximum absolute atomic E-state index is 5.37. The summed E-state index contributed by atoms with van der Waals surface area (Å²) in [6.07, 6.45) is 1.75. The average molecular weight is 140 g/mol. The molecule has 0 spiro atoms. The molecule has 0 aromatic carbocycles. The molecule has 1 heterocycles. The van der Waals surface area contributed by atoms with E-state index in [0.29, 0.717) is 6.54 Å². The van der Waals surface area contributed by atoms with E-state index < -0.39 is 0 Å². The minimum Gasteiger partial charge on any atom is -0.349 e. The molecule has 0 fully saturated rings. The predicted molar refractivity (Wildman–Crippen MR) is 40.8 cm³/mol. The van der Waals surface area contributed by atoms with Crippen LogP contribution in [0.15, 0.2) is 6.20 Å². The molecule has 4 heteroatoms. The predicted octanol–water partition coefficient (Wildman–Crippen LogP) is -0.0656. The van der Waals surface area contributed by atoms with E-state index in [-0.39, 0.29) is 0 Å². The monoisotopic (exact) mass is 140 g/mol. The van der Waals surface area contributed by atoms with Crippen molar-refractivity contribution >= 4 is 5.95 Å². The second-order valence-corrected chi connectivity index (χ2v) is 2.33. The van der Waals surface area contributed by atoms with Crippen LogP contribution in [0.5, 0.6) is 0 Å². The molecule has 0 amide bonds. The largest absolute Gasteiger partial charge is 0.349 e. The molecule has 0 saturated carbocycles. The minimum atomic E-state index is 0.515. The van der Waals surface area contributed by atoms with Crippen LogP contribution >= 0.6 is 0 Å². The zero-order chi connectivity index (χ0) is 7.56. The molecule has 0 saturated heterocycles. The fourth-order valence-corrected chi connectivity index (χ4v) is 0.678. The zero-order valence-electron chi connectivity index (χ0n) is 6.26. The van der Waals surface area contributed by atoms with E-state index in [1.807, 2.05) is 19.0 Å². The summed E-state index contributed by atoms with van der Waals surface area (Å²) in [7, 11) is 3.86. The van der Waals surface area contributed by atoms with Gasteiger partial charge in [-0.2, -0.15) is 0 Å². The van der Waals surface area contributed by atoms with Crippen LogP contribution in [0.4, 0.5) is 5.95 Å². The Morgan fingerprint density at radius 2 is 2.40 bits per heavy atom. The van der Waals surface area contributed by atoms with Gasteiger partial charge in [-0.15, -0.1) is 0 Å². The van der Waals surface area contributed by atoms with Gasteiger partial charge < -0.3 is 15.6 Å². The number of aromatic nitrogens is 2. The lowest BCUT2D eigenvalue weighted by molar-refractivity contribution is 0.985. The smallest absolute Gasteiger partial charge is 0.202 e. The first-order chi connectivity index (χ1) is 4.74. The molecule has 0 unspecified atom stereocenters. The first kappa shape index (κ1) is 7.08. The van der Waals surface area contributed by atoms with Crippen LogP contribution in [0.1, 0.15) is 5.69 Å². The Balaban J connectivity index is 2.78. The molecule has 1 rings (SSSR count). The second-order valence-electron chi connectivity index (χ2n) is 2.33. The van der Waals surface area contributed by atoms with Gasteiger partial charge in [0.15, 0.2) is 0 Å².